The highest BCUT2D eigenvalue weighted by Crippen LogP contribution is 2.51. The third-order valence-electron chi connectivity index (χ3n) is 19.5. The Kier molecular flexibility index (Phi) is 9.21. The van der Waals surface area contributed by atoms with E-state index in [-0.39, 0.29) is 0 Å². The summed E-state index contributed by atoms with van der Waals surface area (Å²) in [5.41, 5.74) is 19.9. The molecule has 0 radical (unpaired) electrons. The lowest BCUT2D eigenvalue weighted by Gasteiger charge is -2.20. The molecule has 86 heavy (non-hydrogen) atoms. The molecule has 20 aromatic rings. The van der Waals surface area contributed by atoms with E-state index in [1.54, 1.807) is 0 Å². The maximum absolute atomic E-state index is 2.54. The summed E-state index contributed by atoms with van der Waals surface area (Å²) < 4.78 is 5.04. The quantitative estimate of drug-likeness (QED) is 0.152. The third kappa shape index (κ3) is 6.14. The fourth-order valence-electron chi connectivity index (χ4n) is 16.0. The zero-order valence-corrected chi connectivity index (χ0v) is 46.6. The van der Waals surface area contributed by atoms with Gasteiger partial charge >= 0.3 is 0 Å². The standard InChI is InChI=1S/C84H48N2/c1-2-19-50-44-51(37-36-49(50)18-1)79-62-24-5-7-26-64(62)80(65-27-8-6-25-63(65)79)53-39-41-61-74-46-54(45-73-59-23-14-16-35-76(59)86(84(73)74)78(61)48-53)55-42-43-70(57-21-4-3-20-56(55)57)82-68-30-11-9-28-66(68)81(67-29-10-12-31-69(67)82)52-38-40-60-72-33-17-32-71-58-22-13-15-34-75(58)85(83(71)72)77(60)47-52/h1-48H. The topological polar surface area (TPSA) is 8.82 Å². The molecule has 0 amide bonds. The highest BCUT2D eigenvalue weighted by molar-refractivity contribution is 6.30. The van der Waals surface area contributed by atoms with Crippen LogP contribution in [-0.2, 0) is 0 Å². The molecule has 2 nitrogen and oxygen atoms in total. The van der Waals surface area contributed by atoms with Crippen LogP contribution >= 0.6 is 0 Å². The molecule has 394 valence electrons. The van der Waals surface area contributed by atoms with Gasteiger partial charge in [0.05, 0.1) is 33.1 Å². The fourth-order valence-corrected chi connectivity index (χ4v) is 16.0. The number of hydrogen-bond donors (Lipinski definition) is 0. The van der Waals surface area contributed by atoms with E-state index in [2.05, 4.69) is 300 Å². The SMILES string of the molecule is c1ccc2cc(-c3c4ccccc4c(-c4ccc5c6cc(-c7ccc(-c8c9ccccc9c(-c9ccc%10c%11cccc%12c%13ccccc%13n(c%10c9)c%12%11)c9ccccc89)c8ccccc78)cc7c8ccccc8n(c5c4)c76)c4ccccc34)ccc2c1. The van der Waals surface area contributed by atoms with Gasteiger partial charge in [-0.1, -0.05) is 249 Å². The van der Waals surface area contributed by atoms with E-state index in [0.717, 1.165) is 0 Å². The summed E-state index contributed by atoms with van der Waals surface area (Å²) in [6.45, 7) is 0. The molecule has 0 unspecified atom stereocenters. The summed E-state index contributed by atoms with van der Waals surface area (Å²) in [6.07, 6.45) is 0. The first-order valence-corrected chi connectivity index (χ1v) is 30.0. The smallest absolute Gasteiger partial charge is 0.0620 e. The van der Waals surface area contributed by atoms with Crippen LogP contribution in [0.2, 0.25) is 0 Å². The Morgan fingerprint density at radius 2 is 0.500 bits per heavy atom. The van der Waals surface area contributed by atoms with Crippen molar-refractivity contribution in [1.82, 2.24) is 8.80 Å². The monoisotopic (exact) mass is 1080 g/mol. The van der Waals surface area contributed by atoms with Gasteiger partial charge < -0.3 is 8.80 Å². The summed E-state index contributed by atoms with van der Waals surface area (Å²) in [5.74, 6) is 0. The number of para-hydroxylation sites is 3. The van der Waals surface area contributed by atoms with E-state index in [9.17, 15) is 0 Å². The zero-order valence-electron chi connectivity index (χ0n) is 46.6. The third-order valence-corrected chi connectivity index (χ3v) is 19.5. The van der Waals surface area contributed by atoms with Crippen molar-refractivity contribution in [2.75, 3.05) is 0 Å². The first kappa shape index (κ1) is 46.2. The molecule has 0 aliphatic carbocycles. The molecule has 0 spiro atoms. The molecule has 20 rings (SSSR count). The minimum Gasteiger partial charge on any atom is -0.308 e. The second-order valence-electron chi connectivity index (χ2n) is 23.7. The minimum absolute atomic E-state index is 1.21. The largest absolute Gasteiger partial charge is 0.308 e. The zero-order chi connectivity index (χ0) is 55.9. The van der Waals surface area contributed by atoms with Crippen LogP contribution in [0.3, 0.4) is 0 Å². The second kappa shape index (κ2) is 17.1. The Morgan fingerprint density at radius 1 is 0.163 bits per heavy atom. The van der Waals surface area contributed by atoms with Crippen molar-refractivity contribution in [3.8, 4) is 55.6 Å². The highest BCUT2D eigenvalue weighted by Gasteiger charge is 2.25. The highest BCUT2D eigenvalue weighted by atomic mass is 14.9. The predicted molar refractivity (Wildman–Crippen MR) is 368 cm³/mol. The van der Waals surface area contributed by atoms with Crippen LogP contribution < -0.4 is 0 Å². The average Bonchev–Trinajstić information content (AvgIpc) is 2.10. The van der Waals surface area contributed by atoms with Crippen molar-refractivity contribution in [2.24, 2.45) is 0 Å². The van der Waals surface area contributed by atoms with Crippen LogP contribution in [0.5, 0.6) is 0 Å². The lowest BCUT2D eigenvalue weighted by molar-refractivity contribution is 1.37. The molecule has 0 atom stereocenters. The Bertz CT molecular complexity index is 6210. The molecular formula is C84H48N2. The molecule has 4 aromatic heterocycles. The lowest BCUT2D eigenvalue weighted by atomic mass is 9.83. The average molecular weight is 1090 g/mol. The van der Waals surface area contributed by atoms with Gasteiger partial charge in [0.25, 0.3) is 0 Å². The van der Waals surface area contributed by atoms with Crippen LogP contribution in [0, 0.1) is 0 Å². The van der Waals surface area contributed by atoms with Gasteiger partial charge in [0.2, 0.25) is 0 Å². The van der Waals surface area contributed by atoms with Gasteiger partial charge in [0, 0.05) is 43.1 Å². The summed E-state index contributed by atoms with van der Waals surface area (Å²) in [5, 5.41) is 25.2. The van der Waals surface area contributed by atoms with E-state index in [4.69, 9.17) is 0 Å². The Balaban J connectivity index is 0.775. The summed E-state index contributed by atoms with van der Waals surface area (Å²) in [6, 6.07) is 110. The van der Waals surface area contributed by atoms with Gasteiger partial charge in [-0.05, 0) is 163 Å². The first-order chi connectivity index (χ1) is 42.7. The van der Waals surface area contributed by atoms with Crippen molar-refractivity contribution >= 4 is 141 Å². The fraction of sp³-hybridized carbons (Fsp3) is 0. The van der Waals surface area contributed by atoms with E-state index >= 15 is 0 Å². The van der Waals surface area contributed by atoms with Crippen LogP contribution in [0.25, 0.3) is 196 Å². The molecular weight excluding hydrogens is 1040 g/mol. The van der Waals surface area contributed by atoms with Crippen molar-refractivity contribution in [3.05, 3.63) is 291 Å². The molecule has 4 heterocycles. The molecule has 2 heteroatoms. The number of benzene rings is 16. The Labute approximate surface area is 493 Å². The van der Waals surface area contributed by atoms with Crippen molar-refractivity contribution in [2.45, 2.75) is 0 Å². The normalized spacial score (nSPS) is 12.4. The summed E-state index contributed by atoms with van der Waals surface area (Å²) in [4.78, 5) is 0. The van der Waals surface area contributed by atoms with Gasteiger partial charge in [0.15, 0.2) is 0 Å². The number of rotatable bonds is 5. The van der Waals surface area contributed by atoms with Gasteiger partial charge in [-0.15, -0.1) is 0 Å². The first-order valence-electron chi connectivity index (χ1n) is 30.0. The minimum atomic E-state index is 1.21. The van der Waals surface area contributed by atoms with Crippen LogP contribution in [-0.4, -0.2) is 8.80 Å². The molecule has 0 fully saturated rings. The molecule has 0 bridgehead atoms. The van der Waals surface area contributed by atoms with Crippen LogP contribution in [0.1, 0.15) is 0 Å². The molecule has 0 saturated heterocycles. The Morgan fingerprint density at radius 3 is 1.01 bits per heavy atom. The summed E-state index contributed by atoms with van der Waals surface area (Å²) in [7, 11) is 0. The second-order valence-corrected chi connectivity index (χ2v) is 23.7. The van der Waals surface area contributed by atoms with Gasteiger partial charge in [-0.3, -0.25) is 0 Å². The predicted octanol–water partition coefficient (Wildman–Crippen LogP) is 23.2. The van der Waals surface area contributed by atoms with Gasteiger partial charge in [0.1, 0.15) is 0 Å². The number of aromatic nitrogens is 2. The van der Waals surface area contributed by atoms with E-state index in [1.165, 1.54) is 196 Å². The molecule has 0 saturated carbocycles. The van der Waals surface area contributed by atoms with Crippen molar-refractivity contribution in [1.29, 1.82) is 0 Å². The molecule has 16 aromatic carbocycles. The van der Waals surface area contributed by atoms with E-state index < -0.39 is 0 Å². The molecule has 0 N–H and O–H groups in total. The maximum atomic E-state index is 2.54. The number of hydrogen-bond acceptors (Lipinski definition) is 0. The molecule has 0 aliphatic rings. The van der Waals surface area contributed by atoms with E-state index in [0.29, 0.717) is 0 Å². The molecule has 0 aliphatic heterocycles. The van der Waals surface area contributed by atoms with E-state index in [1.807, 2.05) is 0 Å². The maximum Gasteiger partial charge on any atom is 0.0620 e. The van der Waals surface area contributed by atoms with Crippen LogP contribution in [0.15, 0.2) is 291 Å². The Hall–Kier alpha value is -11.3. The lowest BCUT2D eigenvalue weighted by Crippen LogP contribution is -1.93. The number of nitrogens with zero attached hydrogens (tertiary/aromatic N) is 2. The summed E-state index contributed by atoms with van der Waals surface area (Å²) >= 11 is 0. The van der Waals surface area contributed by atoms with Crippen molar-refractivity contribution < 1.29 is 0 Å². The van der Waals surface area contributed by atoms with Crippen LogP contribution in [0.4, 0.5) is 0 Å². The number of fused-ring (bicyclic) bond motifs is 18. The van der Waals surface area contributed by atoms with Crippen molar-refractivity contribution in [3.63, 3.8) is 0 Å². The van der Waals surface area contributed by atoms with Gasteiger partial charge in [-0.25, -0.2) is 0 Å². The van der Waals surface area contributed by atoms with Gasteiger partial charge in [-0.2, -0.15) is 0 Å².